The van der Waals surface area contributed by atoms with Gasteiger partial charge in [0.05, 0.1) is 17.4 Å². The molecule has 0 spiro atoms. The van der Waals surface area contributed by atoms with Crippen molar-refractivity contribution in [2.75, 3.05) is 6.54 Å². The molecule has 2 N–H and O–H groups in total. The van der Waals surface area contributed by atoms with Crippen molar-refractivity contribution in [3.8, 4) is 0 Å². The quantitative estimate of drug-likeness (QED) is 0.548. The first-order chi connectivity index (χ1) is 12.2. The number of imidazole rings is 1. The van der Waals surface area contributed by atoms with Gasteiger partial charge in [0.2, 0.25) is 0 Å². The van der Waals surface area contributed by atoms with Crippen molar-refractivity contribution in [2.24, 2.45) is 0 Å². The third-order valence-corrected chi connectivity index (χ3v) is 4.41. The lowest BCUT2D eigenvalue weighted by Crippen LogP contribution is -2.25. The number of carbonyl (C=O) groups excluding carboxylic acids is 1. The number of aromatic nitrogens is 3. The lowest BCUT2D eigenvalue weighted by atomic mass is 10.2. The molecule has 0 fully saturated rings. The number of aromatic amines is 1. The van der Waals surface area contributed by atoms with Crippen molar-refractivity contribution in [1.29, 1.82) is 0 Å². The number of para-hydroxylation sites is 2. The van der Waals surface area contributed by atoms with E-state index in [2.05, 4.69) is 32.0 Å². The van der Waals surface area contributed by atoms with E-state index in [4.69, 9.17) is 0 Å². The standard InChI is InChI=1S/C20H20N4O/c1-14-7-8-15-12-18(23-17(15)11-14)20(25)21-9-4-10-24-13-22-16-5-2-3-6-19(16)24/h2-3,5-8,11-13,23H,4,9-10H2,1H3,(H,21,25). The molecule has 4 rings (SSSR count). The highest BCUT2D eigenvalue weighted by molar-refractivity contribution is 5.98. The van der Waals surface area contributed by atoms with Crippen molar-refractivity contribution in [3.63, 3.8) is 0 Å². The Morgan fingerprint density at radius 2 is 2.08 bits per heavy atom. The van der Waals surface area contributed by atoms with E-state index in [1.54, 1.807) is 0 Å². The molecule has 0 saturated heterocycles. The Labute approximate surface area is 145 Å². The highest BCUT2D eigenvalue weighted by Crippen LogP contribution is 2.17. The predicted octanol–water partition coefficient (Wildman–Crippen LogP) is 3.65. The Balaban J connectivity index is 1.35. The maximum atomic E-state index is 12.3. The molecule has 0 radical (unpaired) electrons. The molecule has 126 valence electrons. The normalized spacial score (nSPS) is 11.2. The van der Waals surface area contributed by atoms with Gasteiger partial charge in [-0.2, -0.15) is 0 Å². The molecule has 0 saturated carbocycles. The highest BCUT2D eigenvalue weighted by atomic mass is 16.1. The first kappa shape index (κ1) is 15.4. The van der Waals surface area contributed by atoms with Crippen LogP contribution in [0.2, 0.25) is 0 Å². The van der Waals surface area contributed by atoms with Crippen LogP contribution in [0.1, 0.15) is 22.5 Å². The zero-order chi connectivity index (χ0) is 17.2. The van der Waals surface area contributed by atoms with Crippen LogP contribution in [0.4, 0.5) is 0 Å². The lowest BCUT2D eigenvalue weighted by molar-refractivity contribution is 0.0948. The molecule has 2 aromatic carbocycles. The summed E-state index contributed by atoms with van der Waals surface area (Å²) in [6.07, 6.45) is 2.71. The minimum Gasteiger partial charge on any atom is -0.351 e. The monoisotopic (exact) mass is 332 g/mol. The number of amides is 1. The van der Waals surface area contributed by atoms with Gasteiger partial charge in [0, 0.05) is 24.0 Å². The van der Waals surface area contributed by atoms with Gasteiger partial charge in [0.1, 0.15) is 5.69 Å². The highest BCUT2D eigenvalue weighted by Gasteiger charge is 2.09. The molecule has 5 nitrogen and oxygen atoms in total. The number of hydrogen-bond donors (Lipinski definition) is 2. The second-order valence-corrected chi connectivity index (χ2v) is 6.31. The number of fused-ring (bicyclic) bond motifs is 2. The zero-order valence-electron chi connectivity index (χ0n) is 14.1. The number of rotatable bonds is 5. The van der Waals surface area contributed by atoms with Gasteiger partial charge >= 0.3 is 0 Å². The van der Waals surface area contributed by atoms with Gasteiger partial charge in [0.15, 0.2) is 0 Å². The maximum absolute atomic E-state index is 12.3. The molecule has 0 aliphatic rings. The van der Waals surface area contributed by atoms with Gasteiger partial charge in [-0.15, -0.1) is 0 Å². The van der Waals surface area contributed by atoms with E-state index in [1.165, 1.54) is 5.56 Å². The Kier molecular flexibility index (Phi) is 3.98. The molecule has 2 aromatic heterocycles. The molecule has 0 bridgehead atoms. The van der Waals surface area contributed by atoms with Crippen LogP contribution >= 0.6 is 0 Å². The van der Waals surface area contributed by atoms with E-state index in [1.807, 2.05) is 49.6 Å². The van der Waals surface area contributed by atoms with Crippen molar-refractivity contribution in [3.05, 3.63) is 66.1 Å². The van der Waals surface area contributed by atoms with Crippen LogP contribution in [0.25, 0.3) is 21.9 Å². The third-order valence-electron chi connectivity index (χ3n) is 4.41. The van der Waals surface area contributed by atoms with Crippen LogP contribution in [0.15, 0.2) is 54.9 Å². The van der Waals surface area contributed by atoms with Crippen molar-refractivity contribution in [2.45, 2.75) is 19.9 Å². The van der Waals surface area contributed by atoms with Crippen LogP contribution in [-0.2, 0) is 6.54 Å². The Bertz CT molecular complexity index is 1040. The second-order valence-electron chi connectivity index (χ2n) is 6.31. The average molecular weight is 332 g/mol. The number of H-pyrrole nitrogens is 1. The molecular formula is C20H20N4O. The summed E-state index contributed by atoms with van der Waals surface area (Å²) in [7, 11) is 0. The van der Waals surface area contributed by atoms with Gasteiger partial charge in [-0.25, -0.2) is 4.98 Å². The van der Waals surface area contributed by atoms with Crippen LogP contribution < -0.4 is 5.32 Å². The van der Waals surface area contributed by atoms with E-state index in [0.717, 1.165) is 34.9 Å². The molecule has 2 heterocycles. The van der Waals surface area contributed by atoms with Crippen LogP contribution in [-0.4, -0.2) is 27.0 Å². The fraction of sp³-hybridized carbons (Fsp3) is 0.200. The predicted molar refractivity (Wildman–Crippen MR) is 99.7 cm³/mol. The fourth-order valence-electron chi connectivity index (χ4n) is 3.10. The van der Waals surface area contributed by atoms with Crippen molar-refractivity contribution < 1.29 is 4.79 Å². The van der Waals surface area contributed by atoms with E-state index >= 15 is 0 Å². The summed E-state index contributed by atoms with van der Waals surface area (Å²) in [5.41, 5.74) is 4.90. The molecule has 4 aromatic rings. The minimum absolute atomic E-state index is 0.0654. The SMILES string of the molecule is Cc1ccc2cc(C(=O)NCCCn3cnc4ccccc43)[nH]c2c1. The molecule has 0 unspecified atom stereocenters. The van der Waals surface area contributed by atoms with Gasteiger partial charge in [-0.05, 0) is 43.2 Å². The molecular weight excluding hydrogens is 312 g/mol. The van der Waals surface area contributed by atoms with Crippen LogP contribution in [0, 0.1) is 6.92 Å². The topological polar surface area (TPSA) is 62.7 Å². The van der Waals surface area contributed by atoms with Gasteiger partial charge < -0.3 is 14.9 Å². The maximum Gasteiger partial charge on any atom is 0.267 e. The Morgan fingerprint density at radius 1 is 1.20 bits per heavy atom. The largest absolute Gasteiger partial charge is 0.351 e. The van der Waals surface area contributed by atoms with Crippen LogP contribution in [0.3, 0.4) is 0 Å². The molecule has 5 heteroatoms. The number of carbonyl (C=O) groups is 1. The van der Waals surface area contributed by atoms with Crippen LogP contribution in [0.5, 0.6) is 0 Å². The first-order valence-corrected chi connectivity index (χ1v) is 8.48. The van der Waals surface area contributed by atoms with E-state index in [-0.39, 0.29) is 5.91 Å². The summed E-state index contributed by atoms with van der Waals surface area (Å²) in [4.78, 5) is 19.9. The molecule has 0 aliphatic heterocycles. The summed E-state index contributed by atoms with van der Waals surface area (Å²) in [5.74, 6) is -0.0654. The summed E-state index contributed by atoms with van der Waals surface area (Å²) >= 11 is 0. The number of hydrogen-bond acceptors (Lipinski definition) is 2. The number of nitrogens with zero attached hydrogens (tertiary/aromatic N) is 2. The zero-order valence-corrected chi connectivity index (χ0v) is 14.1. The Hall–Kier alpha value is -3.08. The first-order valence-electron chi connectivity index (χ1n) is 8.48. The van der Waals surface area contributed by atoms with E-state index in [9.17, 15) is 4.79 Å². The molecule has 25 heavy (non-hydrogen) atoms. The van der Waals surface area contributed by atoms with E-state index in [0.29, 0.717) is 12.2 Å². The third kappa shape index (κ3) is 3.13. The number of benzene rings is 2. The van der Waals surface area contributed by atoms with Gasteiger partial charge in [-0.1, -0.05) is 24.3 Å². The van der Waals surface area contributed by atoms with Gasteiger partial charge in [-0.3, -0.25) is 4.79 Å². The summed E-state index contributed by atoms with van der Waals surface area (Å²) < 4.78 is 2.12. The number of aryl methyl sites for hydroxylation is 2. The molecule has 0 atom stereocenters. The average Bonchev–Trinajstić information content (AvgIpc) is 3.22. The molecule has 0 aliphatic carbocycles. The Morgan fingerprint density at radius 3 is 3.00 bits per heavy atom. The summed E-state index contributed by atoms with van der Waals surface area (Å²) in [5, 5.41) is 4.04. The van der Waals surface area contributed by atoms with Crippen molar-refractivity contribution >= 4 is 27.8 Å². The van der Waals surface area contributed by atoms with E-state index < -0.39 is 0 Å². The smallest absolute Gasteiger partial charge is 0.267 e. The van der Waals surface area contributed by atoms with Crippen molar-refractivity contribution in [1.82, 2.24) is 19.9 Å². The second kappa shape index (κ2) is 6.43. The minimum atomic E-state index is -0.0654. The van der Waals surface area contributed by atoms with Gasteiger partial charge in [0.25, 0.3) is 5.91 Å². The summed E-state index contributed by atoms with van der Waals surface area (Å²) in [6, 6.07) is 16.1. The molecule has 1 amide bonds. The lowest BCUT2D eigenvalue weighted by Gasteiger charge is -2.06. The fourth-order valence-corrected chi connectivity index (χ4v) is 3.10. The number of nitrogens with one attached hydrogen (secondary N) is 2. The summed E-state index contributed by atoms with van der Waals surface area (Å²) in [6.45, 7) is 3.49.